The molecule has 8 aromatic rings. The Morgan fingerprint density at radius 3 is 1.01 bits per heavy atom. The normalized spacial score (nSPS) is 22.8. The zero-order valence-electron chi connectivity index (χ0n) is 45.5. The van der Waals surface area contributed by atoms with E-state index >= 15 is 0 Å². The summed E-state index contributed by atoms with van der Waals surface area (Å²) in [6, 6.07) is 75.8. The second-order valence-electron chi connectivity index (χ2n) is 20.4. The van der Waals surface area contributed by atoms with Gasteiger partial charge in [0.05, 0.1) is 70.1 Å². The molecule has 10 atom stereocenters. The van der Waals surface area contributed by atoms with Gasteiger partial charge in [-0.25, -0.2) is 8.42 Å². The van der Waals surface area contributed by atoms with E-state index in [1.165, 1.54) is 0 Å². The molecule has 82 heavy (non-hydrogen) atoms. The molecule has 8 aromatic carbocycles. The van der Waals surface area contributed by atoms with E-state index in [0.717, 1.165) is 43.4 Å². The minimum absolute atomic E-state index is 0.0341. The second-order valence-corrected chi connectivity index (χ2v) is 23.3. The van der Waals surface area contributed by atoms with Gasteiger partial charge in [0.25, 0.3) is 0 Å². The van der Waals surface area contributed by atoms with E-state index in [1.54, 1.807) is 24.3 Å². The Bertz CT molecular complexity index is 3190. The highest BCUT2D eigenvalue weighted by Crippen LogP contribution is 2.38. The molecule has 0 saturated carbocycles. The molecule has 0 amide bonds. The van der Waals surface area contributed by atoms with Crippen molar-refractivity contribution in [1.29, 1.82) is 0 Å². The van der Waals surface area contributed by atoms with Gasteiger partial charge in [-0.05, 0) is 63.2 Å². The molecule has 2 saturated heterocycles. The van der Waals surface area contributed by atoms with E-state index in [0.29, 0.717) is 6.61 Å². The van der Waals surface area contributed by atoms with E-state index < -0.39 is 76.8 Å². The average molecular weight is 1190 g/mol. The summed E-state index contributed by atoms with van der Waals surface area (Å²) in [7, 11) is -4.01. The van der Waals surface area contributed by atoms with Crippen molar-refractivity contribution in [2.45, 2.75) is 112 Å². The third-order valence-corrected chi connectivity index (χ3v) is 16.7. The van der Waals surface area contributed by atoms with Crippen molar-refractivity contribution >= 4 is 25.8 Å². The molecule has 0 radical (unpaired) electrons. The molecule has 0 aromatic heterocycles. The average Bonchev–Trinajstić information content (AvgIpc) is 3.67. The molecule has 0 bridgehead atoms. The monoisotopic (exact) mass is 1190 g/mol. The van der Waals surface area contributed by atoms with Crippen LogP contribution in [0.3, 0.4) is 0 Å². The first-order valence-corrected chi connectivity index (χ1v) is 30.2. The van der Waals surface area contributed by atoms with Gasteiger partial charge in [-0.3, -0.25) is 0 Å². The van der Waals surface area contributed by atoms with Gasteiger partial charge >= 0.3 is 0 Å². The largest absolute Gasteiger partial charge is 0.374 e. The molecule has 10 rings (SSSR count). The smallest absolute Gasteiger partial charge is 0.187 e. The molecule has 2 aliphatic rings. The lowest BCUT2D eigenvalue weighted by atomic mass is 9.93. The predicted octanol–water partition coefficient (Wildman–Crippen LogP) is 12.5. The van der Waals surface area contributed by atoms with Crippen LogP contribution in [0.5, 0.6) is 0 Å². The lowest BCUT2D eigenvalue weighted by molar-refractivity contribution is -0.362. The summed E-state index contributed by atoms with van der Waals surface area (Å²) in [6.45, 7) is 1.43. The summed E-state index contributed by atoms with van der Waals surface area (Å²) in [5, 5.41) is 0. The SMILES string of the molecule is O=S(=O)(C[C@@H]1OC(COCc2ccccc2)[C@@H](O[C@@H]2OC(COCc3ccccc3)[C@H](OCc3ccccc3)[C@@H](OCc3ccccc3)C2OCc2ccccc2)[C@@H](OCc2ccccc2)C1OCc1ccccc1)c1ccc(Br)cc1. The zero-order valence-corrected chi connectivity index (χ0v) is 47.9. The highest BCUT2D eigenvalue weighted by atomic mass is 79.9. The number of hydrogen-bond donors (Lipinski definition) is 0. The maximum atomic E-state index is 14.7. The van der Waals surface area contributed by atoms with Crippen molar-refractivity contribution in [3.05, 3.63) is 280 Å². The second kappa shape index (κ2) is 30.4. The maximum absolute atomic E-state index is 14.7. The minimum Gasteiger partial charge on any atom is -0.374 e. The molecule has 0 aliphatic carbocycles. The molecule has 2 aliphatic heterocycles. The van der Waals surface area contributed by atoms with Crippen molar-refractivity contribution < 1.29 is 55.8 Å². The van der Waals surface area contributed by atoms with Crippen molar-refractivity contribution in [1.82, 2.24) is 0 Å². The van der Waals surface area contributed by atoms with Crippen molar-refractivity contribution in [3.63, 3.8) is 0 Å². The van der Waals surface area contributed by atoms with E-state index in [9.17, 15) is 8.42 Å². The Hall–Kier alpha value is -6.21. The third-order valence-electron chi connectivity index (χ3n) is 14.4. The Morgan fingerprint density at radius 2 is 0.634 bits per heavy atom. The number of benzene rings is 8. The van der Waals surface area contributed by atoms with E-state index in [1.807, 2.05) is 212 Å². The fourth-order valence-electron chi connectivity index (χ4n) is 10.2. The predicted molar refractivity (Wildman–Crippen MR) is 316 cm³/mol. The third kappa shape index (κ3) is 17.0. The van der Waals surface area contributed by atoms with Crippen molar-refractivity contribution in [2.24, 2.45) is 0 Å². The van der Waals surface area contributed by atoms with Crippen LogP contribution in [0.25, 0.3) is 0 Å². The van der Waals surface area contributed by atoms with Crippen LogP contribution in [0, 0.1) is 0 Å². The first-order valence-electron chi connectivity index (χ1n) is 27.8. The molecule has 12 nitrogen and oxygen atoms in total. The lowest BCUT2D eigenvalue weighted by Crippen LogP contribution is -2.66. The maximum Gasteiger partial charge on any atom is 0.187 e. The summed E-state index contributed by atoms with van der Waals surface area (Å²) >= 11 is 3.47. The number of rotatable bonds is 28. The van der Waals surface area contributed by atoms with E-state index in [-0.39, 0.29) is 57.8 Å². The topological polar surface area (TPSA) is 126 Å². The lowest BCUT2D eigenvalue weighted by Gasteiger charge is -2.50. The van der Waals surface area contributed by atoms with Crippen LogP contribution in [0.1, 0.15) is 38.9 Å². The van der Waals surface area contributed by atoms with Crippen LogP contribution >= 0.6 is 15.9 Å². The molecule has 2 fully saturated rings. The molecule has 0 spiro atoms. The molecule has 426 valence electrons. The fraction of sp³-hybridized carbons (Fsp3) is 0.294. The van der Waals surface area contributed by atoms with Gasteiger partial charge < -0.3 is 47.4 Å². The van der Waals surface area contributed by atoms with Gasteiger partial charge in [0.1, 0.15) is 54.9 Å². The molecular weight excluding hydrogens is 1120 g/mol. The van der Waals surface area contributed by atoms with Crippen LogP contribution in [0.2, 0.25) is 0 Å². The van der Waals surface area contributed by atoms with Gasteiger partial charge in [0.15, 0.2) is 16.1 Å². The summed E-state index contributed by atoms with van der Waals surface area (Å²) in [6.07, 6.45) is -9.69. The molecule has 4 unspecified atom stereocenters. The summed E-state index contributed by atoms with van der Waals surface area (Å²) in [5.41, 5.74) is 6.50. The van der Waals surface area contributed by atoms with Crippen LogP contribution < -0.4 is 0 Å². The van der Waals surface area contributed by atoms with Crippen LogP contribution in [-0.4, -0.2) is 88.6 Å². The van der Waals surface area contributed by atoms with E-state index in [4.69, 9.17) is 47.4 Å². The zero-order chi connectivity index (χ0) is 56.2. The van der Waals surface area contributed by atoms with Crippen LogP contribution in [0.15, 0.2) is 246 Å². The number of halogens is 1. The molecular formula is C68H69BrO12S. The highest BCUT2D eigenvalue weighted by Gasteiger charge is 2.55. The van der Waals surface area contributed by atoms with Crippen LogP contribution in [0.4, 0.5) is 0 Å². The van der Waals surface area contributed by atoms with Gasteiger partial charge in [-0.1, -0.05) is 228 Å². The standard InChI is InChI=1S/C68H69BrO12S/c69-57-36-38-58(39-37-57)82(70,71)49-61-63(75-43-53-28-14-4-15-29-53)65(76-44-54-30-16-5-17-31-54)64(60(79-61)48-73-41-51-24-10-2-11-25-51)81-68-67(78-46-56-34-20-7-21-35-56)66(77-45-55-32-18-6-19-33-55)62(74-42-52-26-12-3-13-27-52)59(80-68)47-72-40-50-22-8-1-9-23-50/h1-39,59-68H,40-49H2/t59?,60?,61-,62-,63?,64+,65-,66+,67?,68-/m0/s1. The first-order chi connectivity index (χ1) is 40.3. The van der Waals surface area contributed by atoms with Gasteiger partial charge in [0, 0.05) is 4.47 Å². The highest BCUT2D eigenvalue weighted by molar-refractivity contribution is 9.10. The van der Waals surface area contributed by atoms with Crippen molar-refractivity contribution in [3.8, 4) is 0 Å². The molecule has 0 N–H and O–H groups in total. The Balaban J connectivity index is 1.08. The Kier molecular flexibility index (Phi) is 21.8. The Labute approximate surface area is 490 Å². The first kappa shape index (κ1) is 59.0. The summed E-state index contributed by atoms with van der Waals surface area (Å²) in [4.78, 5) is 0.137. The minimum atomic E-state index is -4.01. The summed E-state index contributed by atoms with van der Waals surface area (Å²) < 4.78 is 101. The number of sulfone groups is 1. The molecule has 2 heterocycles. The van der Waals surface area contributed by atoms with E-state index in [2.05, 4.69) is 15.9 Å². The van der Waals surface area contributed by atoms with Gasteiger partial charge in [0.2, 0.25) is 0 Å². The quantitative estimate of drug-likeness (QED) is 0.0463. The summed E-state index contributed by atoms with van der Waals surface area (Å²) in [5.74, 6) is -0.444. The molecule has 14 heteroatoms. The fourth-order valence-corrected chi connectivity index (χ4v) is 11.9. The van der Waals surface area contributed by atoms with Crippen molar-refractivity contribution in [2.75, 3.05) is 19.0 Å². The van der Waals surface area contributed by atoms with Crippen LogP contribution in [-0.2, 0) is 103 Å². The number of ether oxygens (including phenoxy) is 10. The van der Waals surface area contributed by atoms with Gasteiger partial charge in [-0.15, -0.1) is 0 Å². The Morgan fingerprint density at radius 1 is 0.329 bits per heavy atom. The number of hydrogen-bond acceptors (Lipinski definition) is 12. The van der Waals surface area contributed by atoms with Gasteiger partial charge in [-0.2, -0.15) is 0 Å².